The van der Waals surface area contributed by atoms with Crippen LogP contribution in [0.4, 0.5) is 5.82 Å². The molecule has 2 aliphatic rings. The van der Waals surface area contributed by atoms with Crippen LogP contribution in [0.1, 0.15) is 12.2 Å². The molecule has 2 aromatic rings. The van der Waals surface area contributed by atoms with Crippen LogP contribution in [0.2, 0.25) is 0 Å². The highest BCUT2D eigenvalue weighted by atomic mass is 32.2. The van der Waals surface area contributed by atoms with E-state index < -0.39 is 9.84 Å². The maximum Gasteiger partial charge on any atom is 0.176 e. The summed E-state index contributed by atoms with van der Waals surface area (Å²) >= 11 is 0. The van der Waals surface area contributed by atoms with E-state index in [9.17, 15) is 8.42 Å². The van der Waals surface area contributed by atoms with Crippen molar-refractivity contribution in [1.82, 2.24) is 24.7 Å². The zero-order valence-electron chi connectivity index (χ0n) is 13.1. The van der Waals surface area contributed by atoms with Gasteiger partial charge in [0.25, 0.3) is 0 Å². The van der Waals surface area contributed by atoms with E-state index in [1.54, 1.807) is 4.63 Å². The summed E-state index contributed by atoms with van der Waals surface area (Å²) in [7, 11) is -2.82. The number of aromatic nitrogens is 4. The van der Waals surface area contributed by atoms with Gasteiger partial charge in [0.15, 0.2) is 21.3 Å². The molecule has 0 N–H and O–H groups in total. The fourth-order valence-corrected chi connectivity index (χ4v) is 5.19. The summed E-state index contributed by atoms with van der Waals surface area (Å²) in [5, 5.41) is 8.77. The topological polar surface area (TPSA) is 83.7 Å². The minimum atomic E-state index is -2.82. The van der Waals surface area contributed by atoms with Crippen molar-refractivity contribution in [3.05, 3.63) is 18.0 Å². The molecule has 4 heterocycles. The van der Waals surface area contributed by atoms with Crippen LogP contribution >= 0.6 is 0 Å². The summed E-state index contributed by atoms with van der Waals surface area (Å²) in [5.41, 5.74) is 0.751. The number of piperazine rings is 1. The Bertz CT molecular complexity index is 825. The van der Waals surface area contributed by atoms with Crippen LogP contribution < -0.4 is 4.90 Å². The van der Waals surface area contributed by atoms with Gasteiger partial charge < -0.3 is 4.90 Å². The van der Waals surface area contributed by atoms with Gasteiger partial charge in [-0.25, -0.2) is 13.4 Å². The monoisotopic (exact) mass is 336 g/mol. The van der Waals surface area contributed by atoms with E-state index in [-0.39, 0.29) is 6.04 Å². The summed E-state index contributed by atoms with van der Waals surface area (Å²) in [6.45, 7) is 5.29. The van der Waals surface area contributed by atoms with E-state index in [4.69, 9.17) is 0 Å². The molecule has 0 amide bonds. The molecule has 0 aromatic carbocycles. The van der Waals surface area contributed by atoms with Crippen molar-refractivity contribution < 1.29 is 8.42 Å². The lowest BCUT2D eigenvalue weighted by Gasteiger charge is -2.38. The van der Waals surface area contributed by atoms with Gasteiger partial charge in [-0.3, -0.25) is 4.90 Å². The molecule has 0 aliphatic carbocycles. The third kappa shape index (κ3) is 2.90. The minimum absolute atomic E-state index is 0.190. The molecule has 8 nitrogen and oxygen atoms in total. The maximum absolute atomic E-state index is 11.6. The Balaban J connectivity index is 1.44. The van der Waals surface area contributed by atoms with Crippen molar-refractivity contribution in [3.63, 3.8) is 0 Å². The quantitative estimate of drug-likeness (QED) is 0.747. The third-order valence-corrected chi connectivity index (χ3v) is 6.41. The molecule has 1 atom stereocenters. The maximum atomic E-state index is 11.6. The van der Waals surface area contributed by atoms with Gasteiger partial charge in [0.05, 0.1) is 11.5 Å². The standard InChI is InChI=1S/C14H20N6O2S/c1-11-15-13-2-3-14(17-20(13)16-11)19-7-5-18(6-8-19)12-4-9-23(21,22)10-12/h2-3,12H,4-10H2,1H3/t12-/m1/s1. The fourth-order valence-electron chi connectivity index (χ4n) is 3.43. The first-order chi connectivity index (χ1) is 11.0. The molecule has 0 radical (unpaired) electrons. The Morgan fingerprint density at radius 3 is 2.61 bits per heavy atom. The number of nitrogens with zero attached hydrogens (tertiary/aromatic N) is 6. The van der Waals surface area contributed by atoms with Crippen LogP contribution in [-0.4, -0.2) is 76.9 Å². The number of hydrogen-bond donors (Lipinski definition) is 0. The summed E-state index contributed by atoms with van der Waals surface area (Å²) in [4.78, 5) is 8.81. The van der Waals surface area contributed by atoms with E-state index in [1.165, 1.54) is 0 Å². The predicted molar refractivity (Wildman–Crippen MR) is 86.4 cm³/mol. The average Bonchev–Trinajstić information content (AvgIpc) is 3.08. The molecule has 0 saturated carbocycles. The number of hydrogen-bond acceptors (Lipinski definition) is 7. The number of rotatable bonds is 2. The fraction of sp³-hybridized carbons (Fsp3) is 0.643. The second kappa shape index (κ2) is 5.41. The average molecular weight is 336 g/mol. The minimum Gasteiger partial charge on any atom is -0.353 e. The molecule has 2 saturated heterocycles. The summed E-state index contributed by atoms with van der Waals surface area (Å²) in [6, 6.07) is 4.09. The molecule has 23 heavy (non-hydrogen) atoms. The SMILES string of the molecule is Cc1nc2ccc(N3CCN([C@@H]4CCS(=O)(=O)C4)CC3)nn2n1. The van der Waals surface area contributed by atoms with Crippen molar-refractivity contribution in [1.29, 1.82) is 0 Å². The Hall–Kier alpha value is -1.74. The van der Waals surface area contributed by atoms with Gasteiger partial charge in [-0.05, 0) is 25.5 Å². The largest absolute Gasteiger partial charge is 0.353 e. The van der Waals surface area contributed by atoms with Crippen molar-refractivity contribution in [2.75, 3.05) is 42.6 Å². The molecule has 9 heteroatoms. The highest BCUT2D eigenvalue weighted by molar-refractivity contribution is 7.91. The summed E-state index contributed by atoms with van der Waals surface area (Å²) < 4.78 is 24.8. The van der Waals surface area contributed by atoms with Crippen LogP contribution in [0, 0.1) is 6.92 Å². The molecule has 0 spiro atoms. The summed E-state index contributed by atoms with van der Waals surface area (Å²) in [6.07, 6.45) is 0.769. The normalized spacial score (nSPS) is 25.3. The first kappa shape index (κ1) is 14.8. The van der Waals surface area contributed by atoms with E-state index >= 15 is 0 Å². The molecule has 4 rings (SSSR count). The van der Waals surface area contributed by atoms with Crippen molar-refractivity contribution in [2.24, 2.45) is 0 Å². The third-order valence-electron chi connectivity index (χ3n) is 4.66. The lowest BCUT2D eigenvalue weighted by Crippen LogP contribution is -2.51. The van der Waals surface area contributed by atoms with Gasteiger partial charge in [-0.15, -0.1) is 14.8 Å². The molecule has 0 unspecified atom stereocenters. The smallest absolute Gasteiger partial charge is 0.176 e. The Kier molecular flexibility index (Phi) is 3.49. The zero-order chi connectivity index (χ0) is 16.0. The second-order valence-electron chi connectivity index (χ2n) is 6.28. The van der Waals surface area contributed by atoms with Crippen LogP contribution in [0.15, 0.2) is 12.1 Å². The Morgan fingerprint density at radius 1 is 1.13 bits per heavy atom. The van der Waals surface area contributed by atoms with Crippen LogP contribution in [0.3, 0.4) is 0 Å². The predicted octanol–water partition coefficient (Wildman–Crippen LogP) is -0.258. The van der Waals surface area contributed by atoms with Gasteiger partial charge >= 0.3 is 0 Å². The highest BCUT2D eigenvalue weighted by Gasteiger charge is 2.33. The Labute approximate surface area is 135 Å². The van der Waals surface area contributed by atoms with E-state index in [1.807, 2.05) is 19.1 Å². The Morgan fingerprint density at radius 2 is 1.91 bits per heavy atom. The van der Waals surface area contributed by atoms with E-state index in [0.717, 1.165) is 44.1 Å². The highest BCUT2D eigenvalue weighted by Crippen LogP contribution is 2.21. The van der Waals surface area contributed by atoms with E-state index in [2.05, 4.69) is 25.0 Å². The number of fused-ring (bicyclic) bond motifs is 1. The van der Waals surface area contributed by atoms with Crippen LogP contribution in [0.25, 0.3) is 5.65 Å². The molecule has 2 aromatic heterocycles. The van der Waals surface area contributed by atoms with Crippen LogP contribution in [-0.2, 0) is 9.84 Å². The first-order valence-electron chi connectivity index (χ1n) is 7.90. The van der Waals surface area contributed by atoms with Gasteiger partial charge in [0.2, 0.25) is 0 Å². The van der Waals surface area contributed by atoms with Gasteiger partial charge in [-0.1, -0.05) is 0 Å². The lowest BCUT2D eigenvalue weighted by atomic mass is 10.2. The van der Waals surface area contributed by atoms with Gasteiger partial charge in [0, 0.05) is 32.2 Å². The number of aryl methyl sites for hydroxylation is 1. The second-order valence-corrected chi connectivity index (χ2v) is 8.51. The number of sulfone groups is 1. The summed E-state index contributed by atoms with van der Waals surface area (Å²) in [5.74, 6) is 2.25. The molecule has 0 bridgehead atoms. The van der Waals surface area contributed by atoms with E-state index in [0.29, 0.717) is 17.3 Å². The van der Waals surface area contributed by atoms with Gasteiger partial charge in [0.1, 0.15) is 5.82 Å². The van der Waals surface area contributed by atoms with Crippen molar-refractivity contribution in [3.8, 4) is 0 Å². The molecule has 2 fully saturated rings. The zero-order valence-corrected chi connectivity index (χ0v) is 13.9. The van der Waals surface area contributed by atoms with Crippen molar-refractivity contribution >= 4 is 21.3 Å². The molecular weight excluding hydrogens is 316 g/mol. The van der Waals surface area contributed by atoms with Crippen molar-refractivity contribution in [2.45, 2.75) is 19.4 Å². The first-order valence-corrected chi connectivity index (χ1v) is 9.72. The molecule has 124 valence electrons. The molecular formula is C14H20N6O2S. The lowest BCUT2D eigenvalue weighted by molar-refractivity contribution is 0.200. The molecule has 2 aliphatic heterocycles. The number of anilines is 1. The van der Waals surface area contributed by atoms with Gasteiger partial charge in [-0.2, -0.15) is 0 Å². The van der Waals surface area contributed by atoms with Crippen LogP contribution in [0.5, 0.6) is 0 Å².